The van der Waals surface area contributed by atoms with E-state index in [0.717, 1.165) is 26.6 Å². The number of benzene rings is 1. The fourth-order valence-electron chi connectivity index (χ4n) is 2.67. The van der Waals surface area contributed by atoms with Crippen LogP contribution >= 0.6 is 22.7 Å². The number of aromatic nitrogens is 1. The molecule has 26 heavy (non-hydrogen) atoms. The number of nitrogens with one attached hydrogen (secondary N) is 1. The second kappa shape index (κ2) is 6.89. The molecule has 2 aromatic heterocycles. The zero-order valence-corrected chi connectivity index (χ0v) is 15.9. The van der Waals surface area contributed by atoms with Crippen LogP contribution in [0.4, 0.5) is 5.69 Å². The van der Waals surface area contributed by atoms with Gasteiger partial charge in [-0.2, -0.15) is 5.10 Å². The van der Waals surface area contributed by atoms with Crippen molar-refractivity contribution in [2.45, 2.75) is 6.92 Å². The van der Waals surface area contributed by atoms with Gasteiger partial charge < -0.3 is 10.1 Å². The van der Waals surface area contributed by atoms with Crippen molar-refractivity contribution in [1.29, 1.82) is 0 Å². The molecule has 1 N–H and O–H groups in total. The van der Waals surface area contributed by atoms with Gasteiger partial charge >= 0.3 is 0 Å². The fraction of sp³-hybridized carbons (Fsp3) is 0.167. The summed E-state index contributed by atoms with van der Waals surface area (Å²) in [4.78, 5) is 17.8. The zero-order valence-electron chi connectivity index (χ0n) is 14.2. The van der Waals surface area contributed by atoms with E-state index in [0.29, 0.717) is 11.4 Å². The quantitative estimate of drug-likeness (QED) is 0.703. The smallest absolute Gasteiger partial charge is 0.262 e. The molecule has 1 amide bonds. The molecule has 0 unspecified atom stereocenters. The van der Waals surface area contributed by atoms with Crippen molar-refractivity contribution in [3.8, 4) is 17.0 Å². The van der Waals surface area contributed by atoms with Crippen LogP contribution < -0.4 is 14.9 Å². The van der Waals surface area contributed by atoms with Crippen molar-refractivity contribution >= 4 is 40.0 Å². The molecular weight excluding hydrogens is 368 g/mol. The van der Waals surface area contributed by atoms with E-state index in [1.54, 1.807) is 18.4 Å². The van der Waals surface area contributed by atoms with Crippen molar-refractivity contribution in [3.05, 3.63) is 50.8 Å². The molecule has 0 fully saturated rings. The third-order valence-electron chi connectivity index (χ3n) is 3.91. The molecule has 0 atom stereocenters. The summed E-state index contributed by atoms with van der Waals surface area (Å²) in [5, 5.41) is 11.7. The number of rotatable bonds is 3. The number of fused-ring (bicyclic) bond motifs is 1. The molecule has 1 aliphatic rings. The Balaban J connectivity index is 1.81. The van der Waals surface area contributed by atoms with Crippen molar-refractivity contribution < 1.29 is 9.53 Å². The lowest BCUT2D eigenvalue weighted by Gasteiger charge is -2.18. The van der Waals surface area contributed by atoms with Gasteiger partial charge in [0.05, 0.1) is 22.0 Å². The van der Waals surface area contributed by atoms with Gasteiger partial charge in [-0.1, -0.05) is 6.07 Å². The highest BCUT2D eigenvalue weighted by molar-refractivity contribution is 7.12. The summed E-state index contributed by atoms with van der Waals surface area (Å²) in [6.07, 6.45) is 0. The molecule has 1 aromatic carbocycles. The minimum atomic E-state index is -0.149. The lowest BCUT2D eigenvalue weighted by atomic mass is 10.1. The summed E-state index contributed by atoms with van der Waals surface area (Å²) in [5.41, 5.74) is 3.44. The van der Waals surface area contributed by atoms with E-state index in [1.807, 2.05) is 52.7 Å². The summed E-state index contributed by atoms with van der Waals surface area (Å²) < 4.78 is 7.28. The van der Waals surface area contributed by atoms with Gasteiger partial charge in [-0.25, -0.2) is 4.68 Å². The summed E-state index contributed by atoms with van der Waals surface area (Å²) in [6.45, 7) is 2.04. The molecule has 3 aromatic rings. The number of thiophene rings is 1. The monoisotopic (exact) mass is 384 g/mol. The molecule has 0 aliphatic carbocycles. The minimum Gasteiger partial charge on any atom is -0.482 e. The van der Waals surface area contributed by atoms with Crippen LogP contribution in [0.2, 0.25) is 0 Å². The Morgan fingerprint density at radius 3 is 2.96 bits per heavy atom. The Morgan fingerprint density at radius 2 is 2.19 bits per heavy atom. The first-order valence-electron chi connectivity index (χ1n) is 7.95. The predicted octanol–water partition coefficient (Wildman–Crippen LogP) is 3.41. The van der Waals surface area contributed by atoms with E-state index >= 15 is 0 Å². The van der Waals surface area contributed by atoms with E-state index in [2.05, 4.69) is 10.3 Å². The van der Waals surface area contributed by atoms with Gasteiger partial charge in [-0.15, -0.1) is 22.7 Å². The van der Waals surface area contributed by atoms with Crippen LogP contribution in [-0.4, -0.2) is 29.9 Å². The molecule has 0 saturated carbocycles. The number of amides is 1. The van der Waals surface area contributed by atoms with E-state index in [1.165, 1.54) is 11.3 Å². The summed E-state index contributed by atoms with van der Waals surface area (Å²) in [7, 11) is 1.75. The van der Waals surface area contributed by atoms with E-state index in [9.17, 15) is 4.79 Å². The van der Waals surface area contributed by atoms with Gasteiger partial charge in [0, 0.05) is 18.0 Å². The maximum Gasteiger partial charge on any atom is 0.262 e. The van der Waals surface area contributed by atoms with Crippen LogP contribution in [0.15, 0.2) is 51.2 Å². The Bertz CT molecular complexity index is 1060. The van der Waals surface area contributed by atoms with Crippen molar-refractivity contribution in [3.63, 3.8) is 0 Å². The predicted molar refractivity (Wildman–Crippen MR) is 105 cm³/mol. The molecule has 0 saturated heterocycles. The maximum absolute atomic E-state index is 11.6. The van der Waals surface area contributed by atoms with Crippen LogP contribution in [0.3, 0.4) is 0 Å². The van der Waals surface area contributed by atoms with Gasteiger partial charge in [-0.3, -0.25) is 9.79 Å². The molecule has 0 bridgehead atoms. The molecule has 6 nitrogen and oxygen atoms in total. The van der Waals surface area contributed by atoms with Crippen LogP contribution in [0, 0.1) is 0 Å². The third kappa shape index (κ3) is 3.09. The maximum atomic E-state index is 11.6. The summed E-state index contributed by atoms with van der Waals surface area (Å²) in [5.74, 6) is 0.525. The molecule has 1 aliphatic heterocycles. The second-order valence-electron chi connectivity index (χ2n) is 5.65. The van der Waals surface area contributed by atoms with E-state index in [-0.39, 0.29) is 12.5 Å². The number of hydrogen-bond acceptors (Lipinski definition) is 6. The highest BCUT2D eigenvalue weighted by Crippen LogP contribution is 2.33. The van der Waals surface area contributed by atoms with Crippen molar-refractivity contribution in [1.82, 2.24) is 4.68 Å². The number of thiazole rings is 1. The fourth-order valence-corrected chi connectivity index (χ4v) is 4.14. The van der Waals surface area contributed by atoms with E-state index in [4.69, 9.17) is 9.84 Å². The third-order valence-corrected chi connectivity index (χ3v) is 5.80. The molecule has 0 radical (unpaired) electrons. The average molecular weight is 384 g/mol. The SMILES string of the molecule is CN=c1scc(-c2ccc3c(c2)NC(=O)CO3)n1N=C(C)c1cccs1. The number of ether oxygens (including phenoxy) is 1. The Kier molecular flexibility index (Phi) is 4.44. The standard InChI is InChI=1S/C18H16N4O2S2/c1-11(16-4-3-7-25-16)21-22-14(10-26-18(22)19-2)12-5-6-15-13(8-12)20-17(23)9-24-15/h3-8,10H,9H2,1-2H3,(H,20,23). The van der Waals surface area contributed by atoms with Crippen LogP contribution in [0.25, 0.3) is 11.3 Å². The first-order valence-corrected chi connectivity index (χ1v) is 9.71. The Labute approximate surface area is 158 Å². The Hall–Kier alpha value is -2.71. The number of anilines is 1. The second-order valence-corrected chi connectivity index (χ2v) is 7.43. The average Bonchev–Trinajstić information content (AvgIpc) is 3.31. The lowest BCUT2D eigenvalue weighted by Crippen LogP contribution is -2.25. The van der Waals surface area contributed by atoms with Crippen LogP contribution in [0.5, 0.6) is 5.75 Å². The number of hydrogen-bond donors (Lipinski definition) is 1. The number of carbonyl (C=O) groups is 1. The lowest BCUT2D eigenvalue weighted by molar-refractivity contribution is -0.118. The van der Waals surface area contributed by atoms with Crippen molar-refractivity contribution in [2.75, 3.05) is 19.0 Å². The molecular formula is C18H16N4O2S2. The van der Waals surface area contributed by atoms with Crippen molar-refractivity contribution in [2.24, 2.45) is 10.1 Å². The molecule has 132 valence electrons. The van der Waals surface area contributed by atoms with Gasteiger partial charge in [0.25, 0.3) is 5.91 Å². The first-order chi connectivity index (χ1) is 12.7. The van der Waals surface area contributed by atoms with Gasteiger partial charge in [0.15, 0.2) is 6.61 Å². The minimum absolute atomic E-state index is 0.0496. The highest BCUT2D eigenvalue weighted by Gasteiger charge is 2.18. The molecule has 0 spiro atoms. The van der Waals surface area contributed by atoms with E-state index < -0.39 is 0 Å². The summed E-state index contributed by atoms with van der Waals surface area (Å²) in [6, 6.07) is 9.79. The highest BCUT2D eigenvalue weighted by atomic mass is 32.1. The zero-order chi connectivity index (χ0) is 18.1. The van der Waals surface area contributed by atoms with Gasteiger partial charge in [-0.05, 0) is 36.6 Å². The number of nitrogens with zero attached hydrogens (tertiary/aromatic N) is 3. The van der Waals surface area contributed by atoms with Gasteiger partial charge in [0.1, 0.15) is 5.75 Å². The topological polar surface area (TPSA) is 68.0 Å². The Morgan fingerprint density at radius 1 is 1.31 bits per heavy atom. The molecule has 3 heterocycles. The van der Waals surface area contributed by atoms with Crippen LogP contribution in [0.1, 0.15) is 11.8 Å². The summed E-state index contributed by atoms with van der Waals surface area (Å²) >= 11 is 3.17. The first kappa shape index (κ1) is 16.7. The number of carbonyl (C=O) groups excluding carboxylic acids is 1. The normalized spacial score (nSPS) is 14.8. The van der Waals surface area contributed by atoms with Crippen LogP contribution in [-0.2, 0) is 4.79 Å². The molecule has 8 heteroatoms. The largest absolute Gasteiger partial charge is 0.482 e. The molecule has 4 rings (SSSR count). The van der Waals surface area contributed by atoms with Gasteiger partial charge in [0.2, 0.25) is 4.80 Å².